The molecule has 0 fully saturated rings. The summed E-state index contributed by atoms with van der Waals surface area (Å²) in [5, 5.41) is 3.43. The molecule has 6 nitrogen and oxygen atoms in total. The van der Waals surface area contributed by atoms with E-state index >= 15 is 0 Å². The second-order valence-corrected chi connectivity index (χ2v) is 8.77. The average molecular weight is 485 g/mol. The molecule has 0 spiro atoms. The lowest BCUT2D eigenvalue weighted by Gasteiger charge is -2.29. The minimum absolute atomic E-state index is 0.0184. The first-order chi connectivity index (χ1) is 18.2. The number of carbonyl (C=O) groups is 1. The third kappa shape index (κ3) is 4.90. The van der Waals surface area contributed by atoms with Crippen LogP contribution in [0.4, 0.5) is 17.2 Å². The van der Waals surface area contributed by atoms with Gasteiger partial charge in [0.1, 0.15) is 11.6 Å². The molecular formula is C31H24N4O2. The highest BCUT2D eigenvalue weighted by Crippen LogP contribution is 2.37. The molecule has 3 aromatic carbocycles. The van der Waals surface area contributed by atoms with Gasteiger partial charge in [0.25, 0.3) is 5.91 Å². The maximum atomic E-state index is 12.7. The van der Waals surface area contributed by atoms with Crippen molar-refractivity contribution in [1.82, 2.24) is 9.97 Å². The summed E-state index contributed by atoms with van der Waals surface area (Å²) in [4.78, 5) is 23.4. The quantitative estimate of drug-likeness (QED) is 0.299. The van der Waals surface area contributed by atoms with Crippen LogP contribution in [0.2, 0.25) is 0 Å². The number of fused-ring (bicyclic) bond motifs is 1. The Bertz CT molecular complexity index is 1550. The maximum Gasteiger partial charge on any atom is 0.265 e. The normalized spacial score (nSPS) is 12.5. The number of rotatable bonds is 6. The van der Waals surface area contributed by atoms with Crippen molar-refractivity contribution < 1.29 is 9.53 Å². The fourth-order valence-electron chi connectivity index (χ4n) is 4.44. The number of nitrogens with zero attached hydrogens (tertiary/aromatic N) is 3. The van der Waals surface area contributed by atoms with E-state index in [1.165, 1.54) is 0 Å². The molecule has 1 aliphatic heterocycles. The molecule has 6 heteroatoms. The minimum Gasteiger partial charge on any atom is -0.482 e. The molecule has 0 atom stereocenters. The van der Waals surface area contributed by atoms with Crippen LogP contribution in [-0.4, -0.2) is 22.5 Å². The monoisotopic (exact) mass is 484 g/mol. The van der Waals surface area contributed by atoms with Gasteiger partial charge in [-0.2, -0.15) is 0 Å². The topological polar surface area (TPSA) is 67.3 Å². The Kier molecular flexibility index (Phi) is 6.05. The van der Waals surface area contributed by atoms with Gasteiger partial charge in [0.2, 0.25) is 0 Å². The van der Waals surface area contributed by atoms with Crippen LogP contribution >= 0.6 is 0 Å². The second-order valence-electron chi connectivity index (χ2n) is 8.77. The van der Waals surface area contributed by atoms with E-state index in [1.807, 2.05) is 78.9 Å². The number of aromatic nitrogens is 2. The largest absolute Gasteiger partial charge is 0.482 e. The van der Waals surface area contributed by atoms with Gasteiger partial charge < -0.3 is 10.1 Å². The Labute approximate surface area is 215 Å². The van der Waals surface area contributed by atoms with Crippen molar-refractivity contribution in [1.29, 1.82) is 0 Å². The maximum absolute atomic E-state index is 12.7. The molecule has 1 N–H and O–H groups in total. The summed E-state index contributed by atoms with van der Waals surface area (Å²) in [6, 6.07) is 34.1. The van der Waals surface area contributed by atoms with E-state index in [9.17, 15) is 4.79 Å². The number of benzene rings is 3. The lowest BCUT2D eigenvalue weighted by Crippen LogP contribution is -2.38. The molecule has 0 bridgehead atoms. The van der Waals surface area contributed by atoms with Gasteiger partial charge in [-0.25, -0.2) is 4.98 Å². The Hall–Kier alpha value is -4.97. The Morgan fingerprint density at radius 2 is 1.54 bits per heavy atom. The summed E-state index contributed by atoms with van der Waals surface area (Å²) in [6.45, 7) is 0.408. The zero-order chi connectivity index (χ0) is 25.0. The minimum atomic E-state index is -0.0920. The number of hydrogen-bond acceptors (Lipinski definition) is 5. The van der Waals surface area contributed by atoms with Crippen molar-refractivity contribution in [3.05, 3.63) is 121 Å². The van der Waals surface area contributed by atoms with Crippen LogP contribution < -0.4 is 15.0 Å². The van der Waals surface area contributed by atoms with E-state index in [4.69, 9.17) is 4.74 Å². The highest BCUT2D eigenvalue weighted by Gasteiger charge is 2.26. The van der Waals surface area contributed by atoms with Crippen molar-refractivity contribution in [3.63, 3.8) is 0 Å². The molecule has 0 unspecified atom stereocenters. The molecule has 2 aromatic heterocycles. The molecule has 37 heavy (non-hydrogen) atoms. The fourth-order valence-corrected chi connectivity index (χ4v) is 4.44. The van der Waals surface area contributed by atoms with E-state index in [1.54, 1.807) is 17.3 Å². The van der Waals surface area contributed by atoms with Crippen LogP contribution in [0, 0.1) is 0 Å². The predicted molar refractivity (Wildman–Crippen MR) is 146 cm³/mol. The molecule has 5 aromatic rings. The molecule has 6 rings (SSSR count). The summed E-state index contributed by atoms with van der Waals surface area (Å²) in [6.07, 6.45) is 3.52. The Morgan fingerprint density at radius 1 is 0.730 bits per heavy atom. The van der Waals surface area contributed by atoms with E-state index in [-0.39, 0.29) is 12.5 Å². The van der Waals surface area contributed by atoms with Crippen LogP contribution in [0.15, 0.2) is 116 Å². The van der Waals surface area contributed by atoms with Gasteiger partial charge >= 0.3 is 0 Å². The first-order valence-electron chi connectivity index (χ1n) is 12.1. The zero-order valence-corrected chi connectivity index (χ0v) is 20.0. The Balaban J connectivity index is 1.28. The van der Waals surface area contributed by atoms with Crippen LogP contribution in [0.5, 0.6) is 5.75 Å². The summed E-state index contributed by atoms with van der Waals surface area (Å²) in [5.74, 6) is 1.33. The third-order valence-electron chi connectivity index (χ3n) is 6.28. The molecule has 180 valence electrons. The van der Waals surface area contributed by atoms with Crippen molar-refractivity contribution in [2.75, 3.05) is 16.8 Å². The molecule has 0 aliphatic carbocycles. The fraction of sp³-hybridized carbons (Fsp3) is 0.0645. The highest BCUT2D eigenvalue weighted by atomic mass is 16.5. The molecule has 1 aliphatic rings. The number of hydrogen-bond donors (Lipinski definition) is 1. The highest BCUT2D eigenvalue weighted by molar-refractivity contribution is 5.98. The predicted octanol–water partition coefficient (Wildman–Crippen LogP) is 6.48. The van der Waals surface area contributed by atoms with Crippen LogP contribution in [0.25, 0.3) is 22.3 Å². The number of nitrogens with one attached hydrogen (secondary N) is 1. The van der Waals surface area contributed by atoms with Gasteiger partial charge in [0.15, 0.2) is 6.61 Å². The molecule has 0 radical (unpaired) electrons. The molecule has 0 saturated heterocycles. The lowest BCUT2D eigenvalue weighted by molar-refractivity contribution is -0.121. The van der Waals surface area contributed by atoms with Gasteiger partial charge in [-0.3, -0.25) is 14.7 Å². The third-order valence-corrected chi connectivity index (χ3v) is 6.28. The molecular weight excluding hydrogens is 460 g/mol. The first kappa shape index (κ1) is 22.5. The number of pyridine rings is 2. The number of carbonyl (C=O) groups excluding carboxylic acids is 1. The van der Waals surface area contributed by atoms with Gasteiger partial charge in [-0.05, 0) is 70.8 Å². The van der Waals surface area contributed by atoms with E-state index in [0.29, 0.717) is 12.3 Å². The van der Waals surface area contributed by atoms with E-state index in [2.05, 4.69) is 39.6 Å². The molecule has 3 heterocycles. The van der Waals surface area contributed by atoms with Crippen molar-refractivity contribution in [2.45, 2.75) is 6.54 Å². The van der Waals surface area contributed by atoms with E-state index < -0.39 is 0 Å². The average Bonchev–Trinajstić information content (AvgIpc) is 2.96. The second kappa shape index (κ2) is 9.95. The number of ether oxygens (including phenoxy) is 1. The van der Waals surface area contributed by atoms with Crippen LogP contribution in [0.1, 0.15) is 5.69 Å². The molecule has 1 amide bonds. The van der Waals surface area contributed by atoms with Crippen LogP contribution in [0.3, 0.4) is 0 Å². The van der Waals surface area contributed by atoms with Crippen molar-refractivity contribution in [3.8, 4) is 28.0 Å². The van der Waals surface area contributed by atoms with Gasteiger partial charge in [0, 0.05) is 18.1 Å². The van der Waals surface area contributed by atoms with Crippen LogP contribution in [-0.2, 0) is 11.3 Å². The Morgan fingerprint density at radius 3 is 2.41 bits per heavy atom. The van der Waals surface area contributed by atoms with Gasteiger partial charge in [-0.1, -0.05) is 54.6 Å². The summed E-state index contributed by atoms with van der Waals surface area (Å²) < 4.78 is 5.71. The smallest absolute Gasteiger partial charge is 0.265 e. The summed E-state index contributed by atoms with van der Waals surface area (Å²) >= 11 is 0. The summed E-state index contributed by atoms with van der Waals surface area (Å²) in [5.41, 5.74) is 6.76. The van der Waals surface area contributed by atoms with Gasteiger partial charge in [-0.15, -0.1) is 0 Å². The SMILES string of the molecule is O=C1COc2ccc(-c3ccnc(Nc4cccc(-c5ccccc5)c4)c3)cc2N1Cc1ccccn1. The number of amides is 1. The van der Waals surface area contributed by atoms with E-state index in [0.717, 1.165) is 45.1 Å². The van der Waals surface area contributed by atoms with Gasteiger partial charge in [0.05, 0.1) is 17.9 Å². The number of anilines is 3. The zero-order valence-electron chi connectivity index (χ0n) is 20.0. The lowest BCUT2D eigenvalue weighted by atomic mass is 10.0. The standard InChI is InChI=1S/C31H24N4O2/c36-31-21-37-29-13-12-24(18-28(29)35(31)20-27-10-4-5-15-32-27)25-14-16-33-30(19-25)34-26-11-6-9-23(17-26)22-7-2-1-3-8-22/h1-19H,20-21H2,(H,33,34). The first-order valence-corrected chi connectivity index (χ1v) is 12.1. The van der Waals surface area contributed by atoms with Crippen molar-refractivity contribution >= 4 is 23.1 Å². The van der Waals surface area contributed by atoms with Crippen molar-refractivity contribution in [2.24, 2.45) is 0 Å². The summed E-state index contributed by atoms with van der Waals surface area (Å²) in [7, 11) is 0. The molecule has 0 saturated carbocycles.